The Kier molecular flexibility index (Phi) is 3.59. The lowest BCUT2D eigenvalue weighted by Crippen LogP contribution is -2.43. The molecular formula is C15H16ClN3O. The molecule has 4 nitrogen and oxygen atoms in total. The highest BCUT2D eigenvalue weighted by molar-refractivity contribution is 6.30. The van der Waals surface area contributed by atoms with Gasteiger partial charge in [0.2, 0.25) is 0 Å². The highest BCUT2D eigenvalue weighted by Gasteiger charge is 2.34. The second kappa shape index (κ2) is 5.38. The molecule has 0 unspecified atom stereocenters. The van der Waals surface area contributed by atoms with Gasteiger partial charge in [0.15, 0.2) is 0 Å². The summed E-state index contributed by atoms with van der Waals surface area (Å²) in [6.07, 6.45) is 6.45. The first-order valence-electron chi connectivity index (χ1n) is 6.67. The predicted molar refractivity (Wildman–Crippen MR) is 78.8 cm³/mol. The molecular weight excluding hydrogens is 274 g/mol. The van der Waals surface area contributed by atoms with Gasteiger partial charge in [0.1, 0.15) is 5.82 Å². The third kappa shape index (κ3) is 2.62. The van der Waals surface area contributed by atoms with E-state index in [-0.39, 0.29) is 0 Å². The van der Waals surface area contributed by atoms with Crippen LogP contribution in [0, 0.1) is 0 Å². The SMILES string of the molecule is OC1(c2ccc(Cl)cc2)CCN(c2cnccn2)CC1. The van der Waals surface area contributed by atoms with Crippen molar-refractivity contribution in [1.29, 1.82) is 0 Å². The highest BCUT2D eigenvalue weighted by Crippen LogP contribution is 2.34. The lowest BCUT2D eigenvalue weighted by Gasteiger charge is -2.39. The van der Waals surface area contributed by atoms with E-state index < -0.39 is 5.60 Å². The van der Waals surface area contributed by atoms with Crippen LogP contribution in [0.1, 0.15) is 18.4 Å². The number of aromatic nitrogens is 2. The Morgan fingerprint density at radius 3 is 2.40 bits per heavy atom. The molecule has 0 bridgehead atoms. The monoisotopic (exact) mass is 289 g/mol. The second-order valence-electron chi connectivity index (χ2n) is 5.09. The number of halogens is 1. The maximum Gasteiger partial charge on any atom is 0.147 e. The van der Waals surface area contributed by atoms with Crippen molar-refractivity contribution in [2.45, 2.75) is 18.4 Å². The Morgan fingerprint density at radius 1 is 1.10 bits per heavy atom. The van der Waals surface area contributed by atoms with Crippen LogP contribution in [0.4, 0.5) is 5.82 Å². The van der Waals surface area contributed by atoms with E-state index in [2.05, 4.69) is 14.9 Å². The van der Waals surface area contributed by atoms with Gasteiger partial charge in [0.25, 0.3) is 0 Å². The molecule has 0 atom stereocenters. The third-order valence-corrected chi connectivity index (χ3v) is 4.10. The summed E-state index contributed by atoms with van der Waals surface area (Å²) in [5.41, 5.74) is 0.157. The number of aliphatic hydroxyl groups is 1. The summed E-state index contributed by atoms with van der Waals surface area (Å²) in [5.74, 6) is 0.866. The normalized spacial score (nSPS) is 18.0. The van der Waals surface area contributed by atoms with Crippen molar-refractivity contribution in [3.05, 3.63) is 53.4 Å². The van der Waals surface area contributed by atoms with Crippen LogP contribution in [0.25, 0.3) is 0 Å². The molecule has 5 heteroatoms. The molecule has 1 aromatic heterocycles. The summed E-state index contributed by atoms with van der Waals surface area (Å²) in [6.45, 7) is 1.52. The Morgan fingerprint density at radius 2 is 1.80 bits per heavy atom. The Labute approximate surface area is 123 Å². The first-order valence-corrected chi connectivity index (χ1v) is 7.05. The fraction of sp³-hybridized carbons (Fsp3) is 0.333. The van der Waals surface area contributed by atoms with Gasteiger partial charge in [-0.25, -0.2) is 4.98 Å². The first kappa shape index (κ1) is 13.3. The molecule has 1 aliphatic heterocycles. The van der Waals surface area contributed by atoms with Crippen LogP contribution in [-0.2, 0) is 5.60 Å². The molecule has 1 N–H and O–H groups in total. The third-order valence-electron chi connectivity index (χ3n) is 3.85. The van der Waals surface area contributed by atoms with E-state index in [9.17, 15) is 5.11 Å². The average Bonchev–Trinajstić information content (AvgIpc) is 2.49. The second-order valence-corrected chi connectivity index (χ2v) is 5.53. The minimum atomic E-state index is -0.775. The number of nitrogens with zero attached hydrogens (tertiary/aromatic N) is 3. The van der Waals surface area contributed by atoms with Crippen LogP contribution in [-0.4, -0.2) is 28.2 Å². The summed E-state index contributed by atoms with van der Waals surface area (Å²) >= 11 is 5.89. The van der Waals surface area contributed by atoms with Gasteiger partial charge < -0.3 is 10.0 Å². The topological polar surface area (TPSA) is 49.2 Å². The number of hydrogen-bond acceptors (Lipinski definition) is 4. The van der Waals surface area contributed by atoms with Crippen molar-refractivity contribution in [3.63, 3.8) is 0 Å². The first-order chi connectivity index (χ1) is 9.67. The molecule has 1 saturated heterocycles. The van der Waals surface area contributed by atoms with E-state index in [1.165, 1.54) is 0 Å². The highest BCUT2D eigenvalue weighted by atomic mass is 35.5. The van der Waals surface area contributed by atoms with Gasteiger partial charge >= 0.3 is 0 Å². The number of piperidine rings is 1. The smallest absolute Gasteiger partial charge is 0.147 e. The van der Waals surface area contributed by atoms with Gasteiger partial charge in [-0.3, -0.25) is 4.98 Å². The summed E-state index contributed by atoms with van der Waals surface area (Å²) in [4.78, 5) is 10.5. The van der Waals surface area contributed by atoms with Gasteiger partial charge in [-0.05, 0) is 30.5 Å². The zero-order valence-electron chi connectivity index (χ0n) is 11.0. The lowest BCUT2D eigenvalue weighted by molar-refractivity contribution is 0.0116. The quantitative estimate of drug-likeness (QED) is 0.923. The number of benzene rings is 1. The molecule has 1 aliphatic rings. The minimum absolute atomic E-state index is 0.672. The number of hydrogen-bond donors (Lipinski definition) is 1. The van der Waals surface area contributed by atoms with E-state index in [0.29, 0.717) is 17.9 Å². The average molecular weight is 290 g/mol. The summed E-state index contributed by atoms with van der Waals surface area (Å²) < 4.78 is 0. The van der Waals surface area contributed by atoms with E-state index in [4.69, 9.17) is 11.6 Å². The van der Waals surface area contributed by atoms with Crippen LogP contribution < -0.4 is 4.90 Å². The minimum Gasteiger partial charge on any atom is -0.385 e. The molecule has 20 heavy (non-hydrogen) atoms. The van der Waals surface area contributed by atoms with Crippen molar-refractivity contribution in [2.24, 2.45) is 0 Å². The van der Waals surface area contributed by atoms with E-state index in [1.807, 2.05) is 24.3 Å². The van der Waals surface area contributed by atoms with E-state index >= 15 is 0 Å². The van der Waals surface area contributed by atoms with Gasteiger partial charge in [0, 0.05) is 30.5 Å². The zero-order valence-corrected chi connectivity index (χ0v) is 11.8. The fourth-order valence-corrected chi connectivity index (χ4v) is 2.74. The van der Waals surface area contributed by atoms with Crippen molar-refractivity contribution in [2.75, 3.05) is 18.0 Å². The Bertz CT molecular complexity index is 565. The predicted octanol–water partition coefficient (Wildman–Crippen LogP) is 2.62. The van der Waals surface area contributed by atoms with Gasteiger partial charge in [-0.1, -0.05) is 23.7 Å². The number of anilines is 1. The standard InChI is InChI=1S/C15H16ClN3O/c16-13-3-1-12(2-4-13)15(20)5-9-19(10-6-15)14-11-17-7-8-18-14/h1-4,7-8,11,20H,5-6,9-10H2. The van der Waals surface area contributed by atoms with E-state index in [0.717, 1.165) is 24.5 Å². The zero-order chi connectivity index (χ0) is 14.0. The summed E-state index contributed by atoms with van der Waals surface area (Å²) in [7, 11) is 0. The molecule has 3 rings (SSSR count). The molecule has 2 heterocycles. The Hall–Kier alpha value is -1.65. The molecule has 104 valence electrons. The van der Waals surface area contributed by atoms with Crippen molar-refractivity contribution >= 4 is 17.4 Å². The lowest BCUT2D eigenvalue weighted by atomic mass is 9.84. The van der Waals surface area contributed by atoms with Crippen LogP contribution in [0.2, 0.25) is 5.02 Å². The molecule has 1 aromatic carbocycles. The summed E-state index contributed by atoms with van der Waals surface area (Å²) in [5, 5.41) is 11.5. The van der Waals surface area contributed by atoms with Gasteiger partial charge in [0.05, 0.1) is 11.8 Å². The molecule has 2 aromatic rings. The van der Waals surface area contributed by atoms with Gasteiger partial charge in [-0.2, -0.15) is 0 Å². The number of rotatable bonds is 2. The van der Waals surface area contributed by atoms with Gasteiger partial charge in [-0.15, -0.1) is 0 Å². The molecule has 1 fully saturated rings. The molecule has 0 aliphatic carbocycles. The molecule has 0 spiro atoms. The summed E-state index contributed by atoms with van der Waals surface area (Å²) in [6, 6.07) is 7.45. The molecule has 0 amide bonds. The van der Waals surface area contributed by atoms with Crippen molar-refractivity contribution in [1.82, 2.24) is 9.97 Å². The van der Waals surface area contributed by atoms with Crippen LogP contribution >= 0.6 is 11.6 Å². The van der Waals surface area contributed by atoms with Crippen LogP contribution in [0.5, 0.6) is 0 Å². The van der Waals surface area contributed by atoms with Crippen LogP contribution in [0.15, 0.2) is 42.9 Å². The van der Waals surface area contributed by atoms with Crippen molar-refractivity contribution in [3.8, 4) is 0 Å². The Balaban J connectivity index is 1.73. The van der Waals surface area contributed by atoms with Crippen molar-refractivity contribution < 1.29 is 5.11 Å². The van der Waals surface area contributed by atoms with Crippen LogP contribution in [0.3, 0.4) is 0 Å². The molecule has 0 saturated carbocycles. The maximum absolute atomic E-state index is 10.8. The maximum atomic E-state index is 10.8. The van der Waals surface area contributed by atoms with E-state index in [1.54, 1.807) is 18.6 Å². The largest absolute Gasteiger partial charge is 0.385 e. The molecule has 0 radical (unpaired) electrons. The fourth-order valence-electron chi connectivity index (χ4n) is 2.61.